The van der Waals surface area contributed by atoms with Crippen LogP contribution in [0.4, 0.5) is 0 Å². The van der Waals surface area contributed by atoms with Crippen molar-refractivity contribution in [1.29, 1.82) is 0 Å². The maximum absolute atomic E-state index is 5.90. The molecule has 0 aromatic carbocycles. The smallest absolute Gasteiger partial charge is 0.0333 e. The molecule has 1 saturated heterocycles. The van der Waals surface area contributed by atoms with E-state index in [-0.39, 0.29) is 0 Å². The Morgan fingerprint density at radius 2 is 1.89 bits per heavy atom. The highest BCUT2D eigenvalue weighted by atomic mass is 35.5. The zero-order chi connectivity index (χ0) is 13.9. The molecule has 1 saturated carbocycles. The number of rotatable bonds is 4. The van der Waals surface area contributed by atoms with Crippen molar-refractivity contribution < 1.29 is 0 Å². The van der Waals surface area contributed by atoms with Crippen molar-refractivity contribution in [2.45, 2.75) is 70.4 Å². The minimum Gasteiger partial charge on any atom is -0.308 e. The second kappa shape index (κ2) is 6.15. The van der Waals surface area contributed by atoms with Gasteiger partial charge in [0.2, 0.25) is 0 Å². The van der Waals surface area contributed by atoms with Crippen LogP contribution in [-0.4, -0.2) is 35.6 Å². The van der Waals surface area contributed by atoms with Crippen molar-refractivity contribution in [3.8, 4) is 0 Å². The van der Waals surface area contributed by atoms with Gasteiger partial charge >= 0.3 is 0 Å². The molecule has 1 aliphatic heterocycles. The first-order valence-electron chi connectivity index (χ1n) is 7.86. The minimum atomic E-state index is 0.314. The summed E-state index contributed by atoms with van der Waals surface area (Å²) in [6, 6.07) is 0. The molecule has 0 aromatic heterocycles. The van der Waals surface area contributed by atoms with Crippen LogP contribution in [0.15, 0.2) is 11.1 Å². The second-order valence-electron chi connectivity index (χ2n) is 6.58. The Morgan fingerprint density at radius 1 is 1.26 bits per heavy atom. The predicted molar refractivity (Wildman–Crippen MR) is 83.7 cm³/mol. The monoisotopic (exact) mass is 284 g/mol. The topological polar surface area (TPSA) is 15.3 Å². The number of nitrogens with one attached hydrogen (secondary N) is 1. The van der Waals surface area contributed by atoms with E-state index < -0.39 is 0 Å². The molecule has 2 rings (SSSR count). The van der Waals surface area contributed by atoms with Crippen molar-refractivity contribution >= 4 is 11.6 Å². The average molecular weight is 285 g/mol. The van der Waals surface area contributed by atoms with Crippen molar-refractivity contribution in [1.82, 2.24) is 10.2 Å². The quantitative estimate of drug-likeness (QED) is 0.842. The molecule has 2 fully saturated rings. The van der Waals surface area contributed by atoms with Gasteiger partial charge in [-0.2, -0.15) is 0 Å². The third-order valence-corrected chi connectivity index (χ3v) is 5.83. The number of hydrogen-bond donors (Lipinski definition) is 1. The Balaban J connectivity index is 2.18. The summed E-state index contributed by atoms with van der Waals surface area (Å²) in [5.41, 5.74) is 3.73. The fourth-order valence-corrected chi connectivity index (χ4v) is 4.01. The van der Waals surface area contributed by atoms with E-state index in [0.717, 1.165) is 13.1 Å². The molecule has 0 aromatic rings. The lowest BCUT2D eigenvalue weighted by molar-refractivity contribution is 0.00713. The molecule has 0 radical (unpaired) electrons. The van der Waals surface area contributed by atoms with Gasteiger partial charge in [0.25, 0.3) is 0 Å². The Hall–Kier alpha value is -0.0500. The summed E-state index contributed by atoms with van der Waals surface area (Å²) in [6.45, 7) is 10.1. The van der Waals surface area contributed by atoms with Crippen LogP contribution >= 0.6 is 11.6 Å². The number of nitrogens with zero attached hydrogens (tertiary/aromatic N) is 1. The van der Waals surface area contributed by atoms with E-state index in [1.54, 1.807) is 5.54 Å². The van der Waals surface area contributed by atoms with E-state index in [1.807, 2.05) is 0 Å². The zero-order valence-electron chi connectivity index (χ0n) is 12.8. The first kappa shape index (κ1) is 15.3. The van der Waals surface area contributed by atoms with Gasteiger partial charge in [-0.15, -0.1) is 0 Å². The molecule has 0 bridgehead atoms. The summed E-state index contributed by atoms with van der Waals surface area (Å²) in [5.74, 6) is 0. The first-order valence-corrected chi connectivity index (χ1v) is 8.29. The zero-order valence-corrected chi connectivity index (χ0v) is 13.5. The molecular formula is C16H29ClN2. The Kier molecular flexibility index (Phi) is 4.97. The summed E-state index contributed by atoms with van der Waals surface area (Å²) in [6.07, 6.45) is 7.88. The van der Waals surface area contributed by atoms with Gasteiger partial charge in [0.1, 0.15) is 0 Å². The van der Waals surface area contributed by atoms with Gasteiger partial charge in [-0.25, -0.2) is 0 Å². The van der Waals surface area contributed by atoms with Crippen LogP contribution in [-0.2, 0) is 0 Å². The van der Waals surface area contributed by atoms with Gasteiger partial charge in [-0.1, -0.05) is 38.3 Å². The highest BCUT2D eigenvalue weighted by Crippen LogP contribution is 2.38. The summed E-state index contributed by atoms with van der Waals surface area (Å²) >= 11 is 5.90. The van der Waals surface area contributed by atoms with Crippen LogP contribution in [0.1, 0.15) is 59.3 Å². The van der Waals surface area contributed by atoms with Crippen LogP contribution in [0.5, 0.6) is 0 Å². The Labute approximate surface area is 123 Å². The normalized spacial score (nSPS) is 27.1. The lowest BCUT2D eigenvalue weighted by Crippen LogP contribution is -2.69. The maximum atomic E-state index is 5.90. The molecule has 110 valence electrons. The van der Waals surface area contributed by atoms with Crippen LogP contribution in [0, 0.1) is 0 Å². The highest BCUT2D eigenvalue weighted by Gasteiger charge is 2.46. The molecule has 0 unspecified atom stereocenters. The number of hydrogen-bond acceptors (Lipinski definition) is 2. The summed E-state index contributed by atoms with van der Waals surface area (Å²) in [4.78, 5) is 2.71. The molecule has 2 aliphatic rings. The standard InChI is InChI=1S/C16H29ClN2/c1-4-16(5-2)12-18-15(8-6-7-9-15)13-19(16)11-14(3)10-17/h10,18H,4-9,11-13H2,1-3H3. The third kappa shape index (κ3) is 3.01. The lowest BCUT2D eigenvalue weighted by atomic mass is 9.82. The molecule has 1 aliphatic carbocycles. The number of piperazine rings is 1. The molecular weight excluding hydrogens is 256 g/mol. The molecule has 0 amide bonds. The Morgan fingerprint density at radius 3 is 2.42 bits per heavy atom. The summed E-state index contributed by atoms with van der Waals surface area (Å²) in [7, 11) is 0. The van der Waals surface area contributed by atoms with Gasteiger partial charge in [-0.3, -0.25) is 4.90 Å². The van der Waals surface area contributed by atoms with Crippen molar-refractivity contribution in [3.05, 3.63) is 11.1 Å². The third-order valence-electron chi connectivity index (χ3n) is 5.46. The Bertz CT molecular complexity index is 328. The van der Waals surface area contributed by atoms with Gasteiger partial charge in [-0.05, 0) is 38.2 Å². The van der Waals surface area contributed by atoms with Crippen LogP contribution in [0.25, 0.3) is 0 Å². The van der Waals surface area contributed by atoms with Crippen LogP contribution < -0.4 is 5.32 Å². The van der Waals surface area contributed by atoms with Crippen LogP contribution in [0.2, 0.25) is 0 Å². The molecule has 1 N–H and O–H groups in total. The summed E-state index contributed by atoms with van der Waals surface area (Å²) in [5, 5.41) is 3.91. The van der Waals surface area contributed by atoms with E-state index >= 15 is 0 Å². The van der Waals surface area contributed by atoms with E-state index in [0.29, 0.717) is 11.1 Å². The summed E-state index contributed by atoms with van der Waals surface area (Å²) < 4.78 is 0. The van der Waals surface area contributed by atoms with Gasteiger partial charge in [0.05, 0.1) is 0 Å². The molecule has 0 atom stereocenters. The van der Waals surface area contributed by atoms with E-state index in [2.05, 4.69) is 31.0 Å². The van der Waals surface area contributed by atoms with Gasteiger partial charge in [0, 0.05) is 36.2 Å². The van der Waals surface area contributed by atoms with Crippen molar-refractivity contribution in [2.24, 2.45) is 0 Å². The molecule has 2 nitrogen and oxygen atoms in total. The molecule has 19 heavy (non-hydrogen) atoms. The minimum absolute atomic E-state index is 0.314. The van der Waals surface area contributed by atoms with Crippen molar-refractivity contribution in [3.63, 3.8) is 0 Å². The van der Waals surface area contributed by atoms with E-state index in [9.17, 15) is 0 Å². The number of halogens is 1. The first-order chi connectivity index (χ1) is 9.10. The lowest BCUT2D eigenvalue weighted by Gasteiger charge is -2.54. The van der Waals surface area contributed by atoms with Crippen molar-refractivity contribution in [2.75, 3.05) is 19.6 Å². The van der Waals surface area contributed by atoms with Gasteiger partial charge < -0.3 is 5.32 Å². The predicted octanol–water partition coefficient (Wildman–Crippen LogP) is 3.91. The maximum Gasteiger partial charge on any atom is 0.0333 e. The van der Waals surface area contributed by atoms with E-state index in [1.165, 1.54) is 50.6 Å². The molecule has 1 heterocycles. The molecule has 3 heteroatoms. The average Bonchev–Trinajstić information content (AvgIpc) is 2.88. The highest BCUT2D eigenvalue weighted by molar-refractivity contribution is 6.25. The second-order valence-corrected chi connectivity index (χ2v) is 6.80. The largest absolute Gasteiger partial charge is 0.308 e. The fraction of sp³-hybridized carbons (Fsp3) is 0.875. The van der Waals surface area contributed by atoms with Gasteiger partial charge in [0.15, 0.2) is 0 Å². The fourth-order valence-electron chi connectivity index (χ4n) is 3.95. The molecule has 1 spiro atoms. The van der Waals surface area contributed by atoms with Crippen LogP contribution in [0.3, 0.4) is 0 Å². The SMILES string of the molecule is CCC1(CC)CNC2(CCCC2)CN1CC(C)=CCl. The van der Waals surface area contributed by atoms with E-state index in [4.69, 9.17) is 11.6 Å².